The summed E-state index contributed by atoms with van der Waals surface area (Å²) in [5.74, 6) is 0. The van der Waals surface area contributed by atoms with Crippen LogP contribution in [0.3, 0.4) is 0 Å². The summed E-state index contributed by atoms with van der Waals surface area (Å²) in [5, 5.41) is 23.4. The molecule has 0 saturated heterocycles. The second kappa shape index (κ2) is 8.81. The number of nitrogens with one attached hydrogen (secondary N) is 1. The number of anilines is 1. The van der Waals surface area contributed by atoms with E-state index >= 15 is 0 Å². The minimum atomic E-state index is -0.493. The molecule has 0 amide bonds. The van der Waals surface area contributed by atoms with Crippen LogP contribution in [0.25, 0.3) is 0 Å². The molecule has 130 valence electrons. The van der Waals surface area contributed by atoms with Gasteiger partial charge in [0.05, 0.1) is 22.2 Å². The topological polar surface area (TPSA) is 82.2 Å². The first-order chi connectivity index (χ1) is 12.1. The highest BCUT2D eigenvalue weighted by Gasteiger charge is 2.18. The van der Waals surface area contributed by atoms with Crippen molar-refractivity contribution in [1.29, 1.82) is 5.26 Å². The van der Waals surface area contributed by atoms with Gasteiger partial charge in [-0.05, 0) is 24.7 Å². The van der Waals surface area contributed by atoms with Crippen molar-refractivity contribution >= 4 is 11.4 Å². The Hall–Kier alpha value is -2.91. The van der Waals surface area contributed by atoms with Crippen LogP contribution in [-0.4, -0.2) is 29.5 Å². The lowest BCUT2D eigenvalue weighted by atomic mass is 10.0. The van der Waals surface area contributed by atoms with Gasteiger partial charge in [0.1, 0.15) is 6.07 Å². The third-order valence-corrected chi connectivity index (χ3v) is 4.26. The Kier molecular flexibility index (Phi) is 6.49. The lowest BCUT2D eigenvalue weighted by Gasteiger charge is -2.30. The van der Waals surface area contributed by atoms with Crippen molar-refractivity contribution < 1.29 is 4.92 Å². The molecule has 0 heterocycles. The molecule has 0 aliphatic rings. The maximum Gasteiger partial charge on any atom is 0.270 e. The van der Waals surface area contributed by atoms with Crippen molar-refractivity contribution in [3.63, 3.8) is 0 Å². The standard InChI is InChI=1S/C19H22N4O2/c1-3-22(4-2)19(15-8-6-5-7-9-15)14-21-18-11-10-17(23(24)25)12-16(18)13-20/h5-12,19,21H,3-4,14H2,1-2H3/t19-/m0/s1. The van der Waals surface area contributed by atoms with Gasteiger partial charge in [-0.25, -0.2) is 0 Å². The first-order valence-corrected chi connectivity index (χ1v) is 8.32. The van der Waals surface area contributed by atoms with Gasteiger partial charge in [0, 0.05) is 18.7 Å². The number of likely N-dealkylation sites (N-methyl/N-ethyl adjacent to an activating group) is 1. The largest absolute Gasteiger partial charge is 0.382 e. The minimum Gasteiger partial charge on any atom is -0.382 e. The number of non-ortho nitro benzene ring substituents is 1. The molecule has 6 heteroatoms. The molecule has 1 N–H and O–H groups in total. The van der Waals surface area contributed by atoms with Crippen LogP contribution in [0, 0.1) is 21.4 Å². The van der Waals surface area contributed by atoms with Crippen molar-refractivity contribution in [2.75, 3.05) is 25.0 Å². The molecular formula is C19H22N4O2. The number of nitriles is 1. The summed E-state index contributed by atoms with van der Waals surface area (Å²) in [4.78, 5) is 12.7. The number of nitro groups is 1. The average Bonchev–Trinajstić information content (AvgIpc) is 2.65. The fourth-order valence-corrected chi connectivity index (χ4v) is 2.90. The second-order valence-corrected chi connectivity index (χ2v) is 5.63. The van der Waals surface area contributed by atoms with E-state index < -0.39 is 4.92 Å². The van der Waals surface area contributed by atoms with Crippen LogP contribution in [-0.2, 0) is 0 Å². The predicted octanol–water partition coefficient (Wildman–Crippen LogP) is 3.96. The Morgan fingerprint density at radius 1 is 1.20 bits per heavy atom. The van der Waals surface area contributed by atoms with Crippen molar-refractivity contribution in [2.24, 2.45) is 0 Å². The highest BCUT2D eigenvalue weighted by Crippen LogP contribution is 2.25. The molecule has 1 atom stereocenters. The summed E-state index contributed by atoms with van der Waals surface area (Å²) in [6.45, 7) is 6.66. The molecule has 6 nitrogen and oxygen atoms in total. The number of nitrogens with zero attached hydrogens (tertiary/aromatic N) is 3. The number of rotatable bonds is 8. The molecule has 0 aromatic heterocycles. The van der Waals surface area contributed by atoms with Crippen LogP contribution >= 0.6 is 0 Å². The zero-order valence-corrected chi connectivity index (χ0v) is 14.5. The molecule has 2 aromatic carbocycles. The fourth-order valence-electron chi connectivity index (χ4n) is 2.90. The van der Waals surface area contributed by atoms with E-state index in [9.17, 15) is 15.4 Å². The van der Waals surface area contributed by atoms with Gasteiger partial charge >= 0.3 is 0 Å². The van der Waals surface area contributed by atoms with Crippen molar-refractivity contribution in [3.05, 3.63) is 69.8 Å². The van der Waals surface area contributed by atoms with Gasteiger partial charge in [0.2, 0.25) is 0 Å². The van der Waals surface area contributed by atoms with E-state index in [1.54, 1.807) is 6.07 Å². The Morgan fingerprint density at radius 2 is 1.88 bits per heavy atom. The molecule has 25 heavy (non-hydrogen) atoms. The number of hydrogen-bond donors (Lipinski definition) is 1. The predicted molar refractivity (Wildman–Crippen MR) is 98.4 cm³/mol. The van der Waals surface area contributed by atoms with E-state index in [1.807, 2.05) is 24.3 Å². The van der Waals surface area contributed by atoms with Gasteiger partial charge in [-0.15, -0.1) is 0 Å². The lowest BCUT2D eigenvalue weighted by molar-refractivity contribution is -0.384. The van der Waals surface area contributed by atoms with Gasteiger partial charge in [0.15, 0.2) is 0 Å². The highest BCUT2D eigenvalue weighted by atomic mass is 16.6. The first kappa shape index (κ1) is 18.4. The van der Waals surface area contributed by atoms with E-state index in [-0.39, 0.29) is 17.3 Å². The van der Waals surface area contributed by atoms with Crippen LogP contribution in [0.4, 0.5) is 11.4 Å². The summed E-state index contributed by atoms with van der Waals surface area (Å²) in [5.41, 5.74) is 2.01. The fraction of sp³-hybridized carbons (Fsp3) is 0.316. The molecule has 0 spiro atoms. The summed E-state index contributed by atoms with van der Waals surface area (Å²) >= 11 is 0. The molecule has 0 radical (unpaired) electrons. The smallest absolute Gasteiger partial charge is 0.270 e. The van der Waals surface area contributed by atoms with Crippen LogP contribution in [0.5, 0.6) is 0 Å². The third-order valence-electron chi connectivity index (χ3n) is 4.26. The molecule has 0 saturated carbocycles. The summed E-state index contributed by atoms with van der Waals surface area (Å²) in [6, 6.07) is 16.7. The SMILES string of the molecule is CCN(CC)[C@@H](CNc1ccc([N+](=O)[O-])cc1C#N)c1ccccc1. The van der Waals surface area contributed by atoms with Crippen molar-refractivity contribution in [2.45, 2.75) is 19.9 Å². The zero-order chi connectivity index (χ0) is 18.2. The monoisotopic (exact) mass is 338 g/mol. The van der Waals surface area contributed by atoms with E-state index in [4.69, 9.17) is 0 Å². The molecule has 0 unspecified atom stereocenters. The van der Waals surface area contributed by atoms with Crippen LogP contribution in [0.2, 0.25) is 0 Å². The summed E-state index contributed by atoms with van der Waals surface area (Å²) in [6.07, 6.45) is 0. The van der Waals surface area contributed by atoms with E-state index in [1.165, 1.54) is 17.7 Å². The Labute approximate surface area is 147 Å². The number of benzene rings is 2. The first-order valence-electron chi connectivity index (χ1n) is 8.32. The van der Waals surface area contributed by atoms with E-state index in [0.29, 0.717) is 12.2 Å². The molecule has 0 aliphatic heterocycles. The van der Waals surface area contributed by atoms with Crippen LogP contribution < -0.4 is 5.32 Å². The lowest BCUT2D eigenvalue weighted by Crippen LogP contribution is -2.33. The van der Waals surface area contributed by atoms with E-state index in [2.05, 4.69) is 36.2 Å². The van der Waals surface area contributed by atoms with Crippen molar-refractivity contribution in [1.82, 2.24) is 4.90 Å². The number of nitro benzene ring substituents is 1. The Morgan fingerprint density at radius 3 is 2.44 bits per heavy atom. The Bertz CT molecular complexity index is 752. The minimum absolute atomic E-state index is 0.0783. The Balaban J connectivity index is 2.23. The third kappa shape index (κ3) is 4.55. The second-order valence-electron chi connectivity index (χ2n) is 5.63. The van der Waals surface area contributed by atoms with E-state index in [0.717, 1.165) is 13.1 Å². The van der Waals surface area contributed by atoms with Gasteiger partial charge in [-0.2, -0.15) is 5.26 Å². The average molecular weight is 338 g/mol. The molecule has 0 fully saturated rings. The molecule has 2 rings (SSSR count). The summed E-state index contributed by atoms with van der Waals surface area (Å²) < 4.78 is 0. The molecule has 0 bridgehead atoms. The van der Waals surface area contributed by atoms with Crippen LogP contribution in [0.1, 0.15) is 31.0 Å². The number of hydrogen-bond acceptors (Lipinski definition) is 5. The van der Waals surface area contributed by atoms with Crippen LogP contribution in [0.15, 0.2) is 48.5 Å². The maximum atomic E-state index is 10.9. The molecule has 0 aliphatic carbocycles. The van der Waals surface area contributed by atoms with Gasteiger partial charge in [0.25, 0.3) is 5.69 Å². The normalized spacial score (nSPS) is 11.8. The van der Waals surface area contributed by atoms with Crippen molar-refractivity contribution in [3.8, 4) is 6.07 Å². The highest BCUT2D eigenvalue weighted by molar-refractivity contribution is 5.61. The van der Waals surface area contributed by atoms with Gasteiger partial charge < -0.3 is 5.32 Å². The molecular weight excluding hydrogens is 316 g/mol. The molecule has 2 aromatic rings. The maximum absolute atomic E-state index is 10.9. The van der Waals surface area contributed by atoms with Gasteiger partial charge in [-0.3, -0.25) is 15.0 Å². The van der Waals surface area contributed by atoms with Gasteiger partial charge in [-0.1, -0.05) is 44.2 Å². The zero-order valence-electron chi connectivity index (χ0n) is 14.5. The summed E-state index contributed by atoms with van der Waals surface area (Å²) in [7, 11) is 0. The quantitative estimate of drug-likeness (QED) is 0.582.